The molecule has 0 fully saturated rings. The maximum atomic E-state index is 10.7. The van der Waals surface area contributed by atoms with Crippen molar-refractivity contribution in [3.05, 3.63) is 28.5 Å². The summed E-state index contributed by atoms with van der Waals surface area (Å²) in [5.74, 6) is 0.0186. The summed E-state index contributed by atoms with van der Waals surface area (Å²) in [5.41, 5.74) is 1.04. The smallest absolute Gasteiger partial charge is 0.405 e. The molecular formula is C11H15ClN2O3. The van der Waals surface area contributed by atoms with Gasteiger partial charge < -0.3 is 15.5 Å². The molecule has 0 spiro atoms. The second kappa shape index (κ2) is 5.84. The summed E-state index contributed by atoms with van der Waals surface area (Å²) in [6.07, 6.45) is 0.318. The third-order valence-corrected chi connectivity index (χ3v) is 2.59. The number of aliphatic hydroxyl groups is 1. The van der Waals surface area contributed by atoms with Crippen LogP contribution < -0.4 is 5.32 Å². The number of carbonyl (C=O) groups is 1. The Morgan fingerprint density at radius 3 is 2.71 bits per heavy atom. The molecule has 1 heterocycles. The molecule has 94 valence electrons. The number of pyridine rings is 1. The minimum absolute atomic E-state index is 0.0186. The van der Waals surface area contributed by atoms with Gasteiger partial charge in [0.25, 0.3) is 0 Å². The number of aliphatic hydroxyl groups excluding tert-OH is 1. The van der Waals surface area contributed by atoms with Gasteiger partial charge in [-0.15, -0.1) is 0 Å². The molecule has 3 N–H and O–H groups in total. The molecule has 0 radical (unpaired) electrons. The number of aromatic nitrogens is 1. The van der Waals surface area contributed by atoms with Gasteiger partial charge in [-0.25, -0.2) is 4.79 Å². The maximum absolute atomic E-state index is 10.7. The van der Waals surface area contributed by atoms with Crippen LogP contribution in [0.3, 0.4) is 0 Å². The van der Waals surface area contributed by atoms with Crippen LogP contribution in [-0.2, 0) is 6.61 Å². The fourth-order valence-corrected chi connectivity index (χ4v) is 1.76. The second-order valence-electron chi connectivity index (χ2n) is 4.03. The van der Waals surface area contributed by atoms with E-state index < -0.39 is 12.1 Å². The van der Waals surface area contributed by atoms with E-state index in [-0.39, 0.29) is 12.5 Å². The molecule has 0 saturated carbocycles. The molecule has 1 aromatic heterocycles. The van der Waals surface area contributed by atoms with Crippen molar-refractivity contribution >= 4 is 17.7 Å². The van der Waals surface area contributed by atoms with Crippen molar-refractivity contribution in [1.29, 1.82) is 0 Å². The number of nitrogens with one attached hydrogen (secondary N) is 1. The quantitative estimate of drug-likeness (QED) is 0.773. The molecule has 1 aromatic rings. The molecule has 5 nitrogen and oxygen atoms in total. The first-order valence-corrected chi connectivity index (χ1v) is 5.58. The fourth-order valence-electron chi connectivity index (χ4n) is 1.58. The maximum Gasteiger partial charge on any atom is 0.405 e. The van der Waals surface area contributed by atoms with Crippen molar-refractivity contribution in [2.75, 3.05) is 0 Å². The summed E-state index contributed by atoms with van der Waals surface area (Å²) in [5, 5.41) is 20.8. The van der Waals surface area contributed by atoms with Crippen molar-refractivity contribution in [3.8, 4) is 0 Å². The number of rotatable bonds is 4. The molecule has 0 aliphatic rings. The first kappa shape index (κ1) is 13.7. The Bertz CT molecular complexity index is 410. The third kappa shape index (κ3) is 3.57. The lowest BCUT2D eigenvalue weighted by atomic mass is 9.97. The van der Waals surface area contributed by atoms with E-state index in [9.17, 15) is 9.90 Å². The lowest BCUT2D eigenvalue weighted by Crippen LogP contribution is -2.31. The molecule has 1 amide bonds. The highest BCUT2D eigenvalue weighted by molar-refractivity contribution is 6.30. The molecule has 1 unspecified atom stereocenters. The van der Waals surface area contributed by atoms with Crippen LogP contribution in [-0.4, -0.2) is 21.3 Å². The minimum Gasteiger partial charge on any atom is -0.465 e. The molecule has 0 aliphatic carbocycles. The van der Waals surface area contributed by atoms with Gasteiger partial charge in [0.05, 0.1) is 23.4 Å². The minimum atomic E-state index is -1.12. The average molecular weight is 259 g/mol. The monoisotopic (exact) mass is 258 g/mol. The average Bonchev–Trinajstić information content (AvgIpc) is 2.25. The van der Waals surface area contributed by atoms with Crippen molar-refractivity contribution in [2.45, 2.75) is 26.5 Å². The van der Waals surface area contributed by atoms with Crippen LogP contribution in [0.5, 0.6) is 0 Å². The van der Waals surface area contributed by atoms with Crippen LogP contribution in [0, 0.1) is 5.92 Å². The van der Waals surface area contributed by atoms with Gasteiger partial charge in [-0.2, -0.15) is 0 Å². The highest BCUT2D eigenvalue weighted by Crippen LogP contribution is 2.25. The normalized spacial score (nSPS) is 12.5. The van der Waals surface area contributed by atoms with Gasteiger partial charge in [-0.3, -0.25) is 4.98 Å². The molecule has 17 heavy (non-hydrogen) atoms. The van der Waals surface area contributed by atoms with Crippen LogP contribution in [0.2, 0.25) is 5.02 Å². The lowest BCUT2D eigenvalue weighted by molar-refractivity contribution is 0.185. The highest BCUT2D eigenvalue weighted by Gasteiger charge is 2.22. The van der Waals surface area contributed by atoms with Gasteiger partial charge in [0, 0.05) is 11.8 Å². The number of carboxylic acid groups (broad SMARTS) is 1. The zero-order chi connectivity index (χ0) is 13.0. The van der Waals surface area contributed by atoms with Crippen molar-refractivity contribution in [2.24, 2.45) is 5.92 Å². The summed E-state index contributed by atoms with van der Waals surface area (Å²) in [6.45, 7) is 3.52. The summed E-state index contributed by atoms with van der Waals surface area (Å²) < 4.78 is 0. The first-order chi connectivity index (χ1) is 7.95. The third-order valence-electron chi connectivity index (χ3n) is 2.38. The van der Waals surface area contributed by atoms with Gasteiger partial charge in [0.15, 0.2) is 0 Å². The number of hydrogen-bond donors (Lipinski definition) is 3. The summed E-state index contributed by atoms with van der Waals surface area (Å²) >= 11 is 5.78. The Labute approximate surface area is 104 Å². The Morgan fingerprint density at radius 1 is 1.59 bits per heavy atom. The molecule has 0 saturated heterocycles. The van der Waals surface area contributed by atoms with Crippen LogP contribution in [0.1, 0.15) is 31.1 Å². The number of hydrogen-bond acceptors (Lipinski definition) is 3. The number of amides is 1. The topological polar surface area (TPSA) is 82.5 Å². The molecule has 6 heteroatoms. The molecular weight excluding hydrogens is 244 g/mol. The van der Waals surface area contributed by atoms with Crippen LogP contribution in [0.4, 0.5) is 4.79 Å². The van der Waals surface area contributed by atoms with E-state index in [1.165, 1.54) is 6.20 Å². The van der Waals surface area contributed by atoms with Crippen molar-refractivity contribution in [1.82, 2.24) is 10.3 Å². The molecule has 1 rings (SSSR count). The first-order valence-electron chi connectivity index (χ1n) is 5.20. The molecule has 0 bridgehead atoms. The van der Waals surface area contributed by atoms with E-state index in [2.05, 4.69) is 10.3 Å². The van der Waals surface area contributed by atoms with Gasteiger partial charge >= 0.3 is 6.09 Å². The molecule has 0 aromatic carbocycles. The second-order valence-corrected chi connectivity index (χ2v) is 4.46. The summed E-state index contributed by atoms with van der Waals surface area (Å²) in [7, 11) is 0. The predicted octanol–water partition coefficient (Wildman–Crippen LogP) is 2.19. The Morgan fingerprint density at radius 2 is 2.24 bits per heavy atom. The standard InChI is InChI=1S/C11H15ClN2O3/c1-6(2)9(14-11(16)17)10-7(5-15)3-8(12)4-13-10/h3-4,6,9,14-15H,5H2,1-2H3,(H,16,17). The highest BCUT2D eigenvalue weighted by atomic mass is 35.5. The van der Waals surface area contributed by atoms with Crippen LogP contribution in [0.15, 0.2) is 12.3 Å². The number of halogens is 1. The van der Waals surface area contributed by atoms with Gasteiger partial charge in [-0.1, -0.05) is 25.4 Å². The zero-order valence-electron chi connectivity index (χ0n) is 9.64. The van der Waals surface area contributed by atoms with E-state index >= 15 is 0 Å². The van der Waals surface area contributed by atoms with Crippen molar-refractivity contribution < 1.29 is 15.0 Å². The van der Waals surface area contributed by atoms with Gasteiger partial charge in [0.2, 0.25) is 0 Å². The molecule has 0 aliphatic heterocycles. The molecule has 1 atom stereocenters. The largest absolute Gasteiger partial charge is 0.465 e. The number of nitrogens with zero attached hydrogens (tertiary/aromatic N) is 1. The van der Waals surface area contributed by atoms with Crippen LogP contribution in [0.25, 0.3) is 0 Å². The van der Waals surface area contributed by atoms with E-state index in [4.69, 9.17) is 16.7 Å². The predicted molar refractivity (Wildman–Crippen MR) is 63.9 cm³/mol. The van der Waals surface area contributed by atoms with E-state index in [1.807, 2.05) is 13.8 Å². The lowest BCUT2D eigenvalue weighted by Gasteiger charge is -2.22. The summed E-state index contributed by atoms with van der Waals surface area (Å²) in [4.78, 5) is 14.8. The zero-order valence-corrected chi connectivity index (χ0v) is 10.4. The van der Waals surface area contributed by atoms with E-state index in [0.717, 1.165) is 0 Å². The van der Waals surface area contributed by atoms with Gasteiger partial charge in [0.1, 0.15) is 0 Å². The Hall–Kier alpha value is -1.33. The Balaban J connectivity index is 3.13. The SMILES string of the molecule is CC(C)C(NC(=O)O)c1ncc(Cl)cc1CO. The van der Waals surface area contributed by atoms with Crippen LogP contribution >= 0.6 is 11.6 Å². The fraction of sp³-hybridized carbons (Fsp3) is 0.455. The van der Waals surface area contributed by atoms with Crippen molar-refractivity contribution in [3.63, 3.8) is 0 Å². The van der Waals surface area contributed by atoms with E-state index in [0.29, 0.717) is 16.3 Å². The Kier molecular flexibility index (Phi) is 4.72. The van der Waals surface area contributed by atoms with Gasteiger partial charge in [-0.05, 0) is 12.0 Å². The van der Waals surface area contributed by atoms with E-state index in [1.54, 1.807) is 6.07 Å². The summed E-state index contributed by atoms with van der Waals surface area (Å²) in [6, 6.07) is 1.12.